The van der Waals surface area contributed by atoms with Gasteiger partial charge in [0.15, 0.2) is 5.96 Å². The van der Waals surface area contributed by atoms with Crippen LogP contribution in [0.5, 0.6) is 0 Å². The minimum atomic E-state index is -3.41. The summed E-state index contributed by atoms with van der Waals surface area (Å²) in [5, 5.41) is 7.51. The van der Waals surface area contributed by atoms with Crippen LogP contribution in [0.1, 0.15) is 28.1 Å². The molecule has 0 aliphatic heterocycles. The first-order valence-corrected chi connectivity index (χ1v) is 11.0. The van der Waals surface area contributed by atoms with Gasteiger partial charge in [0.25, 0.3) is 0 Å². The Labute approximate surface area is 165 Å². The monoisotopic (exact) mass is 409 g/mol. The van der Waals surface area contributed by atoms with Crippen LogP contribution in [0, 0.1) is 13.8 Å². The third kappa shape index (κ3) is 5.75. The molecule has 1 aromatic heterocycles. The molecule has 2 aromatic rings. The van der Waals surface area contributed by atoms with Gasteiger partial charge >= 0.3 is 0 Å². The molecule has 0 unspecified atom stereocenters. The van der Waals surface area contributed by atoms with Crippen molar-refractivity contribution in [3.8, 4) is 0 Å². The molecular weight excluding hydrogens is 382 g/mol. The second kappa shape index (κ2) is 9.29. The maximum Gasteiger partial charge on any atom is 0.242 e. The van der Waals surface area contributed by atoms with E-state index in [4.69, 9.17) is 0 Å². The van der Waals surface area contributed by atoms with Crippen molar-refractivity contribution in [1.82, 2.24) is 19.9 Å². The molecule has 27 heavy (non-hydrogen) atoms. The number of hydrogen-bond donors (Lipinski definition) is 2. The minimum absolute atomic E-state index is 0.278. The van der Waals surface area contributed by atoms with E-state index in [1.165, 1.54) is 23.3 Å². The van der Waals surface area contributed by atoms with Crippen LogP contribution in [0.25, 0.3) is 0 Å². The molecule has 0 atom stereocenters. The molecule has 1 heterocycles. The van der Waals surface area contributed by atoms with Gasteiger partial charge in [-0.25, -0.2) is 22.7 Å². The average Bonchev–Trinajstić information content (AvgIpc) is 2.95. The second-order valence-electron chi connectivity index (χ2n) is 6.23. The van der Waals surface area contributed by atoms with Gasteiger partial charge in [0.1, 0.15) is 5.01 Å². The number of thiazole rings is 1. The molecule has 0 amide bonds. The molecule has 0 fully saturated rings. The average molecular weight is 410 g/mol. The van der Waals surface area contributed by atoms with Crippen molar-refractivity contribution in [3.63, 3.8) is 0 Å². The molecule has 1 aromatic carbocycles. The summed E-state index contributed by atoms with van der Waals surface area (Å²) < 4.78 is 25.4. The largest absolute Gasteiger partial charge is 0.357 e. The van der Waals surface area contributed by atoms with E-state index in [2.05, 4.69) is 27.5 Å². The maximum absolute atomic E-state index is 12.1. The smallest absolute Gasteiger partial charge is 0.242 e. The number of sulfonamides is 1. The molecule has 7 nitrogen and oxygen atoms in total. The van der Waals surface area contributed by atoms with Crippen LogP contribution in [0.3, 0.4) is 0 Å². The topological polar surface area (TPSA) is 86.7 Å². The third-order valence-electron chi connectivity index (χ3n) is 3.95. The van der Waals surface area contributed by atoms with Gasteiger partial charge < -0.3 is 10.6 Å². The number of nitrogens with one attached hydrogen (secondary N) is 2. The van der Waals surface area contributed by atoms with E-state index in [-0.39, 0.29) is 4.90 Å². The second-order valence-corrected chi connectivity index (χ2v) is 9.67. The molecule has 0 aliphatic carbocycles. The first-order chi connectivity index (χ1) is 12.7. The highest BCUT2D eigenvalue weighted by atomic mass is 32.2. The number of rotatable bonds is 7. The first kappa shape index (κ1) is 21.3. The number of aliphatic imine (C=N–C) groups is 1. The normalized spacial score (nSPS) is 12.4. The zero-order valence-electron chi connectivity index (χ0n) is 16.4. The van der Waals surface area contributed by atoms with Crippen molar-refractivity contribution in [3.05, 3.63) is 45.4 Å². The molecule has 0 spiro atoms. The van der Waals surface area contributed by atoms with Crippen LogP contribution in [-0.4, -0.2) is 44.3 Å². The Balaban J connectivity index is 2.03. The molecule has 0 saturated carbocycles. The molecule has 0 radical (unpaired) electrons. The zero-order valence-corrected chi connectivity index (χ0v) is 18.0. The molecule has 0 bridgehead atoms. The van der Waals surface area contributed by atoms with Gasteiger partial charge in [0, 0.05) is 25.5 Å². The summed E-state index contributed by atoms with van der Waals surface area (Å²) in [7, 11) is -0.365. The predicted octanol–water partition coefficient (Wildman–Crippen LogP) is 2.27. The summed E-state index contributed by atoms with van der Waals surface area (Å²) >= 11 is 1.68. The van der Waals surface area contributed by atoms with Crippen molar-refractivity contribution in [1.29, 1.82) is 0 Å². The van der Waals surface area contributed by atoms with Gasteiger partial charge in [-0.2, -0.15) is 0 Å². The fourth-order valence-corrected chi connectivity index (χ4v) is 4.04. The number of benzene rings is 1. The van der Waals surface area contributed by atoms with Crippen molar-refractivity contribution >= 4 is 27.3 Å². The lowest BCUT2D eigenvalue weighted by molar-refractivity contribution is 0.520. The molecule has 2 N–H and O–H groups in total. The Morgan fingerprint density at radius 3 is 2.37 bits per heavy atom. The summed E-state index contributed by atoms with van der Waals surface area (Å²) in [6, 6.07) is 6.80. The SMILES string of the molecule is CCNC(=NCc1ccc(S(=O)(=O)N(C)C)cc1)NCc1nc(C)c(C)s1. The van der Waals surface area contributed by atoms with E-state index in [0.29, 0.717) is 19.0 Å². The standard InChI is InChI=1S/C18H27N5O2S2/c1-6-19-18(21-12-17-22-13(2)14(3)26-17)20-11-15-7-9-16(10-8-15)27(24,25)23(4)5/h7-10H,6,11-12H2,1-5H3,(H2,19,20,21). The Kier molecular flexibility index (Phi) is 7.34. The number of guanidine groups is 1. The van der Waals surface area contributed by atoms with Crippen LogP contribution in [-0.2, 0) is 23.1 Å². The molecule has 148 valence electrons. The van der Waals surface area contributed by atoms with E-state index in [0.717, 1.165) is 22.8 Å². The van der Waals surface area contributed by atoms with Crippen LogP contribution in [0.2, 0.25) is 0 Å². The molecular formula is C18H27N5O2S2. The van der Waals surface area contributed by atoms with E-state index in [1.54, 1.807) is 35.6 Å². The Morgan fingerprint density at radius 2 is 1.85 bits per heavy atom. The fourth-order valence-electron chi connectivity index (χ4n) is 2.26. The zero-order chi connectivity index (χ0) is 20.0. The van der Waals surface area contributed by atoms with Gasteiger partial charge in [-0.3, -0.25) is 0 Å². The van der Waals surface area contributed by atoms with Crippen LogP contribution in [0.4, 0.5) is 0 Å². The van der Waals surface area contributed by atoms with Gasteiger partial charge in [-0.05, 0) is 38.5 Å². The summed E-state index contributed by atoms with van der Waals surface area (Å²) in [4.78, 5) is 10.6. The molecule has 0 saturated heterocycles. The van der Waals surface area contributed by atoms with Gasteiger partial charge in [0.2, 0.25) is 10.0 Å². The fraction of sp³-hybridized carbons (Fsp3) is 0.444. The van der Waals surface area contributed by atoms with Gasteiger partial charge in [-0.15, -0.1) is 11.3 Å². The maximum atomic E-state index is 12.1. The van der Waals surface area contributed by atoms with E-state index in [1.807, 2.05) is 13.8 Å². The lowest BCUT2D eigenvalue weighted by Crippen LogP contribution is -2.36. The Hall–Kier alpha value is -1.97. The van der Waals surface area contributed by atoms with Crippen LogP contribution in [0.15, 0.2) is 34.2 Å². The molecule has 0 aliphatic rings. The third-order valence-corrected chi connectivity index (χ3v) is 6.85. The lowest BCUT2D eigenvalue weighted by atomic mass is 10.2. The quantitative estimate of drug-likeness (QED) is 0.541. The highest BCUT2D eigenvalue weighted by molar-refractivity contribution is 7.89. The highest BCUT2D eigenvalue weighted by Crippen LogP contribution is 2.16. The van der Waals surface area contributed by atoms with Gasteiger partial charge in [-0.1, -0.05) is 12.1 Å². The van der Waals surface area contributed by atoms with E-state index < -0.39 is 10.0 Å². The van der Waals surface area contributed by atoms with E-state index >= 15 is 0 Å². The Bertz CT molecular complexity index is 867. The van der Waals surface area contributed by atoms with Crippen LogP contribution >= 0.6 is 11.3 Å². The lowest BCUT2D eigenvalue weighted by Gasteiger charge is -2.12. The summed E-state index contributed by atoms with van der Waals surface area (Å²) in [5.74, 6) is 0.702. The van der Waals surface area contributed by atoms with Crippen LogP contribution < -0.4 is 10.6 Å². The number of aryl methyl sites for hydroxylation is 2. The Morgan fingerprint density at radius 1 is 1.19 bits per heavy atom. The van der Waals surface area contributed by atoms with Crippen molar-refractivity contribution < 1.29 is 8.42 Å². The summed E-state index contributed by atoms with van der Waals surface area (Å²) in [6.45, 7) is 7.90. The number of hydrogen-bond acceptors (Lipinski definition) is 5. The number of nitrogens with zero attached hydrogens (tertiary/aromatic N) is 3. The highest BCUT2D eigenvalue weighted by Gasteiger charge is 2.16. The minimum Gasteiger partial charge on any atom is -0.357 e. The molecule has 9 heteroatoms. The van der Waals surface area contributed by atoms with Gasteiger partial charge in [0.05, 0.1) is 23.7 Å². The van der Waals surface area contributed by atoms with Crippen molar-refractivity contribution in [2.24, 2.45) is 4.99 Å². The summed E-state index contributed by atoms with van der Waals surface area (Å²) in [6.07, 6.45) is 0. The van der Waals surface area contributed by atoms with Crippen molar-refractivity contribution in [2.75, 3.05) is 20.6 Å². The van der Waals surface area contributed by atoms with E-state index in [9.17, 15) is 8.42 Å². The number of aromatic nitrogens is 1. The predicted molar refractivity (Wildman–Crippen MR) is 111 cm³/mol. The first-order valence-electron chi connectivity index (χ1n) is 8.70. The van der Waals surface area contributed by atoms with Crippen molar-refractivity contribution in [2.45, 2.75) is 38.8 Å². The molecule has 2 rings (SSSR count). The summed E-state index contributed by atoms with van der Waals surface area (Å²) in [5.41, 5.74) is 2.00.